The molecule has 0 radical (unpaired) electrons. The highest BCUT2D eigenvalue weighted by atomic mass is 16.2. The fraction of sp³-hybridized carbons (Fsp3) is 0.722. The van der Waals surface area contributed by atoms with Gasteiger partial charge in [-0.3, -0.25) is 33.8 Å². The van der Waals surface area contributed by atoms with Gasteiger partial charge in [-0.15, -0.1) is 0 Å². The van der Waals surface area contributed by atoms with Crippen LogP contribution in [0.15, 0.2) is 18.6 Å². The number of aromatic nitrogens is 2. The van der Waals surface area contributed by atoms with Crippen molar-refractivity contribution in [1.29, 1.82) is 0 Å². The number of hydrogen-bond donors (Lipinski definition) is 4. The highest BCUT2D eigenvalue weighted by molar-refractivity contribution is 6.38. The fourth-order valence-corrected chi connectivity index (χ4v) is 7.87. The van der Waals surface area contributed by atoms with Gasteiger partial charge in [-0.2, -0.15) is 0 Å². The van der Waals surface area contributed by atoms with Crippen molar-refractivity contribution in [3.63, 3.8) is 0 Å². The van der Waals surface area contributed by atoms with Crippen LogP contribution in [0.2, 0.25) is 0 Å². The van der Waals surface area contributed by atoms with E-state index < -0.39 is 59.0 Å². The maximum Gasteiger partial charge on any atom is 0.289 e. The molecule has 4 N–H and O–H groups in total. The predicted molar refractivity (Wildman–Crippen MR) is 181 cm³/mol. The molecule has 5 rings (SSSR count). The lowest BCUT2D eigenvalue weighted by Crippen LogP contribution is -2.62. The molecular weight excluding hydrogens is 626 g/mol. The van der Waals surface area contributed by atoms with Gasteiger partial charge in [0, 0.05) is 25.0 Å². The molecule has 49 heavy (non-hydrogen) atoms. The van der Waals surface area contributed by atoms with Crippen molar-refractivity contribution in [2.24, 2.45) is 23.2 Å². The minimum absolute atomic E-state index is 0.0132. The first-order chi connectivity index (χ1) is 23.4. The largest absolute Gasteiger partial charge is 0.347 e. The van der Waals surface area contributed by atoms with E-state index in [2.05, 4.69) is 31.2 Å². The van der Waals surface area contributed by atoms with E-state index in [-0.39, 0.29) is 35.4 Å². The molecule has 13 nitrogen and oxygen atoms in total. The van der Waals surface area contributed by atoms with Gasteiger partial charge in [0.1, 0.15) is 23.8 Å². The first-order valence-corrected chi connectivity index (χ1v) is 18.2. The highest BCUT2D eigenvalue weighted by Crippen LogP contribution is 2.43. The Balaban J connectivity index is 1.36. The fourth-order valence-electron chi connectivity index (χ4n) is 7.87. The Hall–Kier alpha value is -3.90. The number of amides is 5. The Bertz CT molecular complexity index is 1390. The zero-order valence-corrected chi connectivity index (χ0v) is 29.3. The Morgan fingerprint density at radius 3 is 2.27 bits per heavy atom. The van der Waals surface area contributed by atoms with Gasteiger partial charge in [-0.1, -0.05) is 59.8 Å². The molecule has 0 bridgehead atoms. The minimum atomic E-state index is -0.994. The number of hydrogen-bond acceptors (Lipinski definition) is 8. The van der Waals surface area contributed by atoms with Crippen LogP contribution in [0.4, 0.5) is 0 Å². The van der Waals surface area contributed by atoms with Gasteiger partial charge in [0.25, 0.3) is 11.8 Å². The van der Waals surface area contributed by atoms with E-state index in [1.54, 1.807) is 4.90 Å². The zero-order chi connectivity index (χ0) is 35.3. The number of carbonyl (C=O) groups is 6. The van der Waals surface area contributed by atoms with Crippen LogP contribution in [0, 0.1) is 23.2 Å². The molecule has 5 amide bonds. The lowest BCUT2D eigenvalue weighted by molar-refractivity contribution is -0.146. The van der Waals surface area contributed by atoms with Gasteiger partial charge in [0.2, 0.25) is 23.5 Å². The van der Waals surface area contributed by atoms with E-state index >= 15 is 0 Å². The van der Waals surface area contributed by atoms with Gasteiger partial charge in [-0.05, 0) is 68.1 Å². The Morgan fingerprint density at radius 2 is 1.63 bits per heavy atom. The molecule has 6 atom stereocenters. The summed E-state index contributed by atoms with van der Waals surface area (Å²) >= 11 is 0. The second-order valence-electron chi connectivity index (χ2n) is 15.5. The topological polar surface area (TPSA) is 180 Å². The summed E-state index contributed by atoms with van der Waals surface area (Å²) in [6.45, 7) is 7.85. The van der Waals surface area contributed by atoms with Crippen LogP contribution in [0.5, 0.6) is 0 Å². The quantitative estimate of drug-likeness (QED) is 0.230. The van der Waals surface area contributed by atoms with E-state index in [1.165, 1.54) is 18.6 Å². The average molecular weight is 680 g/mol. The number of Topliss-reactive ketones (excluding diaryl/α,β-unsaturated/α-hetero) is 1. The molecule has 4 fully saturated rings. The van der Waals surface area contributed by atoms with Crippen LogP contribution in [-0.2, 0) is 24.0 Å². The molecule has 0 spiro atoms. The van der Waals surface area contributed by atoms with Gasteiger partial charge in [-0.25, -0.2) is 4.98 Å². The summed E-state index contributed by atoms with van der Waals surface area (Å²) in [5, 5.41) is 11.5. The van der Waals surface area contributed by atoms with Crippen LogP contribution in [0.3, 0.4) is 0 Å². The molecule has 1 saturated heterocycles. The van der Waals surface area contributed by atoms with Crippen molar-refractivity contribution >= 4 is 35.3 Å². The van der Waals surface area contributed by atoms with E-state index in [9.17, 15) is 28.8 Å². The van der Waals surface area contributed by atoms with Gasteiger partial charge in [0.15, 0.2) is 0 Å². The second kappa shape index (κ2) is 15.8. The van der Waals surface area contributed by atoms with Crippen molar-refractivity contribution in [3.05, 3.63) is 24.3 Å². The van der Waals surface area contributed by atoms with E-state index in [1.807, 2.05) is 27.7 Å². The second-order valence-corrected chi connectivity index (χ2v) is 15.5. The van der Waals surface area contributed by atoms with Gasteiger partial charge < -0.3 is 26.2 Å². The number of carbonyl (C=O) groups excluding carboxylic acids is 6. The third-order valence-corrected chi connectivity index (χ3v) is 10.7. The average Bonchev–Trinajstić information content (AvgIpc) is 3.65. The molecule has 3 saturated carbocycles. The maximum absolute atomic E-state index is 14.6. The van der Waals surface area contributed by atoms with Crippen LogP contribution in [0.25, 0.3) is 0 Å². The first kappa shape index (κ1) is 36.4. The standard InChI is InChI=1S/C36H53N7O6/c1-5-10-25(29(44)34(48)39-23-15-16-23)40-33(47)28-24-14-9-13-22(24)20-43(28)35(49)30(36(2,3)4)42-32(46)27(21-11-7-6-8-12-21)41-31(45)26-19-37-17-18-38-26/h17-19,21-25,27-28,30H,5-16,20H2,1-4H3,(H,39,48)(H,40,47)(H,41,45)(H,42,46)/t22?,24?,25-,27+,28?,30-/m1/s1. The summed E-state index contributed by atoms with van der Waals surface area (Å²) in [7, 11) is 0. The molecule has 2 heterocycles. The Labute approximate surface area is 288 Å². The molecule has 0 aromatic carbocycles. The highest BCUT2D eigenvalue weighted by Gasteiger charge is 2.52. The molecule has 1 aromatic heterocycles. The summed E-state index contributed by atoms with van der Waals surface area (Å²) in [6, 6.07) is -3.68. The first-order valence-electron chi connectivity index (χ1n) is 18.2. The minimum Gasteiger partial charge on any atom is -0.347 e. The van der Waals surface area contributed by atoms with Crippen LogP contribution >= 0.6 is 0 Å². The van der Waals surface area contributed by atoms with Gasteiger partial charge >= 0.3 is 0 Å². The molecule has 1 aromatic rings. The van der Waals surface area contributed by atoms with E-state index in [0.29, 0.717) is 19.4 Å². The molecule has 268 valence electrons. The van der Waals surface area contributed by atoms with Crippen LogP contribution in [0.1, 0.15) is 115 Å². The number of rotatable bonds is 13. The smallest absolute Gasteiger partial charge is 0.289 e. The third-order valence-electron chi connectivity index (χ3n) is 10.7. The number of nitrogens with zero attached hydrogens (tertiary/aromatic N) is 3. The van der Waals surface area contributed by atoms with Crippen LogP contribution < -0.4 is 21.3 Å². The van der Waals surface area contributed by atoms with Crippen molar-refractivity contribution in [3.8, 4) is 0 Å². The molecule has 1 aliphatic heterocycles. The lowest BCUT2D eigenvalue weighted by atomic mass is 9.82. The van der Waals surface area contributed by atoms with Crippen molar-refractivity contribution in [2.75, 3.05) is 6.54 Å². The summed E-state index contributed by atoms with van der Waals surface area (Å²) < 4.78 is 0. The number of nitrogens with one attached hydrogen (secondary N) is 4. The summed E-state index contributed by atoms with van der Waals surface area (Å²) in [5.41, 5.74) is -0.638. The molecular formula is C36H53N7O6. The van der Waals surface area contributed by atoms with Crippen molar-refractivity contribution in [1.82, 2.24) is 36.1 Å². The van der Waals surface area contributed by atoms with Crippen molar-refractivity contribution in [2.45, 2.75) is 135 Å². The predicted octanol–water partition coefficient (Wildman–Crippen LogP) is 2.45. The number of fused-ring (bicyclic) bond motifs is 1. The number of likely N-dealkylation sites (tertiary alicyclic amines) is 1. The molecule has 4 aliphatic rings. The monoisotopic (exact) mass is 679 g/mol. The summed E-state index contributed by atoms with van der Waals surface area (Å²) in [5.74, 6) is -3.20. The normalized spacial score (nSPS) is 24.2. The zero-order valence-electron chi connectivity index (χ0n) is 29.3. The van der Waals surface area contributed by atoms with E-state index in [0.717, 1.165) is 64.2 Å². The summed E-state index contributed by atoms with van der Waals surface area (Å²) in [6.07, 6.45) is 13.9. The van der Waals surface area contributed by atoms with Crippen molar-refractivity contribution < 1.29 is 28.8 Å². The van der Waals surface area contributed by atoms with E-state index in [4.69, 9.17) is 0 Å². The third kappa shape index (κ3) is 8.83. The molecule has 3 unspecified atom stereocenters. The van der Waals surface area contributed by atoms with Crippen LogP contribution in [-0.4, -0.2) is 86.9 Å². The molecule has 13 heteroatoms. The number of ketones is 1. The SMILES string of the molecule is CCC[C@@H](NC(=O)C1C2CCCC2CN1C(=O)[C@@H](NC(=O)[C@@H](NC(=O)c1cnccn1)C1CCCCC1)C(C)(C)C)C(=O)C(=O)NC1CC1. The molecule has 3 aliphatic carbocycles. The lowest BCUT2D eigenvalue weighted by Gasteiger charge is -2.38. The maximum atomic E-state index is 14.6. The van der Waals surface area contributed by atoms with Gasteiger partial charge in [0.05, 0.1) is 12.2 Å². The Morgan fingerprint density at radius 1 is 0.898 bits per heavy atom. The summed E-state index contributed by atoms with van der Waals surface area (Å²) in [4.78, 5) is 91.4. The Kier molecular flexibility index (Phi) is 11.7.